The van der Waals surface area contributed by atoms with E-state index in [4.69, 9.17) is 14.3 Å². The molecule has 0 aliphatic rings. The van der Waals surface area contributed by atoms with Crippen LogP contribution in [-0.2, 0) is 16.2 Å². The molecule has 0 saturated carbocycles. The molecule has 25 heavy (non-hydrogen) atoms. The monoisotopic (exact) mass is 341 g/mol. The number of nitrogens with one attached hydrogen (secondary N) is 1. The minimum Gasteiger partial charge on any atom is -0.493 e. The van der Waals surface area contributed by atoms with Gasteiger partial charge in [-0.2, -0.15) is 0 Å². The maximum atomic E-state index is 11.8. The van der Waals surface area contributed by atoms with Crippen molar-refractivity contribution < 1.29 is 19.1 Å². The van der Waals surface area contributed by atoms with Crippen LogP contribution >= 0.6 is 0 Å². The van der Waals surface area contributed by atoms with Crippen molar-refractivity contribution in [2.24, 2.45) is 0 Å². The fourth-order valence-electron chi connectivity index (χ4n) is 2.11. The van der Waals surface area contributed by atoms with Crippen LogP contribution < -0.4 is 15.0 Å². The Morgan fingerprint density at radius 1 is 1.12 bits per heavy atom. The minimum atomic E-state index is -0.336. The number of hydroxylamine groups is 1. The van der Waals surface area contributed by atoms with E-state index < -0.39 is 0 Å². The van der Waals surface area contributed by atoms with E-state index >= 15 is 0 Å². The molecule has 0 unspecified atom stereocenters. The number of ether oxygens (including phenoxy) is 2. The number of carbonyl (C=O) groups excluding carboxylic acids is 1. The zero-order valence-corrected chi connectivity index (χ0v) is 14.7. The molecule has 0 aliphatic heterocycles. The Balaban J connectivity index is 1.88. The molecule has 2 aromatic carbocycles. The minimum absolute atomic E-state index is 0.0582. The van der Waals surface area contributed by atoms with Gasteiger partial charge in [0, 0.05) is 6.08 Å². The molecule has 0 saturated heterocycles. The summed E-state index contributed by atoms with van der Waals surface area (Å²) in [7, 11) is 1.58. The van der Waals surface area contributed by atoms with Gasteiger partial charge in [-0.15, -0.1) is 0 Å². The molecule has 0 heterocycles. The molecule has 0 fully saturated rings. The molecule has 132 valence electrons. The van der Waals surface area contributed by atoms with E-state index in [0.29, 0.717) is 18.1 Å². The van der Waals surface area contributed by atoms with Crippen molar-refractivity contribution in [3.63, 3.8) is 0 Å². The maximum absolute atomic E-state index is 11.8. The van der Waals surface area contributed by atoms with Crippen LogP contribution in [0.5, 0.6) is 11.5 Å². The first-order valence-electron chi connectivity index (χ1n) is 8.07. The van der Waals surface area contributed by atoms with Crippen molar-refractivity contribution >= 4 is 12.0 Å². The summed E-state index contributed by atoms with van der Waals surface area (Å²) in [6.45, 7) is 4.22. The second kappa shape index (κ2) is 9.49. The van der Waals surface area contributed by atoms with Crippen molar-refractivity contribution in [3.8, 4) is 11.5 Å². The molecular weight excluding hydrogens is 318 g/mol. The van der Waals surface area contributed by atoms with E-state index in [1.54, 1.807) is 13.2 Å². The third-order valence-corrected chi connectivity index (χ3v) is 3.23. The highest BCUT2D eigenvalue weighted by molar-refractivity contribution is 5.91. The quantitative estimate of drug-likeness (QED) is 0.587. The predicted molar refractivity (Wildman–Crippen MR) is 97.2 cm³/mol. The fraction of sp³-hybridized carbons (Fsp3) is 0.250. The van der Waals surface area contributed by atoms with Crippen LogP contribution in [0.3, 0.4) is 0 Å². The highest BCUT2D eigenvalue weighted by Gasteiger charge is 2.06. The van der Waals surface area contributed by atoms with Crippen molar-refractivity contribution in [2.75, 3.05) is 7.11 Å². The van der Waals surface area contributed by atoms with E-state index in [1.165, 1.54) is 6.08 Å². The number of hydrogen-bond donors (Lipinski definition) is 1. The van der Waals surface area contributed by atoms with Gasteiger partial charge in [-0.05, 0) is 43.2 Å². The zero-order chi connectivity index (χ0) is 18.1. The zero-order valence-electron chi connectivity index (χ0n) is 14.7. The molecule has 0 aromatic heterocycles. The van der Waals surface area contributed by atoms with E-state index in [-0.39, 0.29) is 12.0 Å². The molecule has 0 radical (unpaired) electrons. The van der Waals surface area contributed by atoms with Crippen molar-refractivity contribution in [1.29, 1.82) is 0 Å². The second-order valence-corrected chi connectivity index (χ2v) is 5.65. The van der Waals surface area contributed by atoms with Crippen LogP contribution in [0.2, 0.25) is 0 Å². The van der Waals surface area contributed by atoms with Crippen LogP contribution in [0.1, 0.15) is 25.0 Å². The van der Waals surface area contributed by atoms with E-state index in [2.05, 4.69) is 5.48 Å². The first-order chi connectivity index (χ1) is 12.1. The van der Waals surface area contributed by atoms with E-state index in [1.807, 2.05) is 62.4 Å². The Labute approximate surface area is 148 Å². The Morgan fingerprint density at radius 3 is 2.56 bits per heavy atom. The number of carbonyl (C=O) groups is 1. The maximum Gasteiger partial charge on any atom is 0.267 e. The van der Waals surface area contributed by atoms with Gasteiger partial charge in [-0.3, -0.25) is 9.63 Å². The molecule has 2 rings (SSSR count). The summed E-state index contributed by atoms with van der Waals surface area (Å²) in [6, 6.07) is 15.1. The van der Waals surface area contributed by atoms with Crippen LogP contribution in [0.4, 0.5) is 0 Å². The van der Waals surface area contributed by atoms with Crippen LogP contribution in [0, 0.1) is 0 Å². The lowest BCUT2D eigenvalue weighted by Crippen LogP contribution is -2.21. The Bertz CT molecular complexity index is 711. The number of methoxy groups -OCH3 is 1. The Kier molecular flexibility index (Phi) is 7.04. The first-order valence-corrected chi connectivity index (χ1v) is 8.07. The number of amides is 1. The lowest BCUT2D eigenvalue weighted by atomic mass is 10.2. The van der Waals surface area contributed by atoms with Crippen molar-refractivity contribution in [2.45, 2.75) is 26.6 Å². The summed E-state index contributed by atoms with van der Waals surface area (Å²) in [4.78, 5) is 17.0. The molecule has 2 aromatic rings. The molecule has 1 N–H and O–H groups in total. The molecule has 5 nitrogen and oxygen atoms in total. The number of hydrogen-bond acceptors (Lipinski definition) is 4. The Hall–Kier alpha value is -2.79. The van der Waals surface area contributed by atoms with Gasteiger partial charge in [0.15, 0.2) is 11.5 Å². The summed E-state index contributed by atoms with van der Waals surface area (Å²) < 4.78 is 11.0. The lowest BCUT2D eigenvalue weighted by Gasteiger charge is -2.13. The standard InChI is InChI=1S/C20H23NO4/c1-15(2)25-18-11-9-16(13-19(18)23-3)10-12-20(22)21-24-14-17-7-5-4-6-8-17/h4-13,15H,14H2,1-3H3,(H,21,22)/b12-10+. The van der Waals surface area contributed by atoms with E-state index in [9.17, 15) is 4.79 Å². The van der Waals surface area contributed by atoms with Gasteiger partial charge in [0.1, 0.15) is 0 Å². The number of rotatable bonds is 8. The van der Waals surface area contributed by atoms with Gasteiger partial charge in [0.05, 0.1) is 19.8 Å². The summed E-state index contributed by atoms with van der Waals surface area (Å²) in [5.74, 6) is 0.958. The van der Waals surface area contributed by atoms with E-state index in [0.717, 1.165) is 11.1 Å². The van der Waals surface area contributed by atoms with Crippen molar-refractivity contribution in [1.82, 2.24) is 5.48 Å². The first kappa shape index (κ1) is 18.5. The van der Waals surface area contributed by atoms with Gasteiger partial charge >= 0.3 is 0 Å². The van der Waals surface area contributed by atoms with Gasteiger partial charge < -0.3 is 9.47 Å². The molecule has 0 atom stereocenters. The van der Waals surface area contributed by atoms with Gasteiger partial charge in [0.25, 0.3) is 5.91 Å². The molecule has 0 spiro atoms. The predicted octanol–water partition coefficient (Wildman–Crippen LogP) is 3.74. The SMILES string of the molecule is COc1cc(/C=C/C(=O)NOCc2ccccc2)ccc1OC(C)C. The second-order valence-electron chi connectivity index (χ2n) is 5.65. The molecule has 5 heteroatoms. The topological polar surface area (TPSA) is 56.8 Å². The number of benzene rings is 2. The lowest BCUT2D eigenvalue weighted by molar-refractivity contribution is -0.129. The normalized spacial score (nSPS) is 10.9. The smallest absolute Gasteiger partial charge is 0.267 e. The molecule has 0 bridgehead atoms. The molecular formula is C20H23NO4. The Morgan fingerprint density at radius 2 is 1.88 bits per heavy atom. The summed E-state index contributed by atoms with van der Waals surface area (Å²) in [5.41, 5.74) is 4.19. The average Bonchev–Trinajstić information content (AvgIpc) is 2.61. The van der Waals surface area contributed by atoms with Crippen LogP contribution in [0.25, 0.3) is 6.08 Å². The molecule has 1 amide bonds. The fourth-order valence-corrected chi connectivity index (χ4v) is 2.11. The highest BCUT2D eigenvalue weighted by atomic mass is 16.6. The third kappa shape index (κ3) is 6.31. The largest absolute Gasteiger partial charge is 0.493 e. The summed E-state index contributed by atoms with van der Waals surface area (Å²) in [5, 5.41) is 0. The van der Waals surface area contributed by atoms with Gasteiger partial charge in [-0.25, -0.2) is 5.48 Å². The summed E-state index contributed by atoms with van der Waals surface area (Å²) in [6.07, 6.45) is 3.15. The van der Waals surface area contributed by atoms with Crippen molar-refractivity contribution in [3.05, 3.63) is 65.7 Å². The van der Waals surface area contributed by atoms with Crippen LogP contribution in [0.15, 0.2) is 54.6 Å². The highest BCUT2D eigenvalue weighted by Crippen LogP contribution is 2.29. The third-order valence-electron chi connectivity index (χ3n) is 3.23. The van der Waals surface area contributed by atoms with Crippen LogP contribution in [-0.4, -0.2) is 19.1 Å². The van der Waals surface area contributed by atoms with Gasteiger partial charge in [0.2, 0.25) is 0 Å². The molecule has 0 aliphatic carbocycles. The average molecular weight is 341 g/mol. The summed E-state index contributed by atoms with van der Waals surface area (Å²) >= 11 is 0. The van der Waals surface area contributed by atoms with Gasteiger partial charge in [-0.1, -0.05) is 36.4 Å².